The van der Waals surface area contributed by atoms with Crippen molar-refractivity contribution in [2.45, 2.75) is 68.2 Å². The predicted molar refractivity (Wildman–Crippen MR) is 188 cm³/mol. The van der Waals surface area contributed by atoms with E-state index in [1.807, 2.05) is 18.2 Å². The minimum atomic E-state index is -4.83. The zero-order valence-electron chi connectivity index (χ0n) is 27.0. The van der Waals surface area contributed by atoms with Crippen LogP contribution >= 0.6 is 23.2 Å². The Bertz CT molecular complexity index is 1870. The van der Waals surface area contributed by atoms with Crippen molar-refractivity contribution in [1.29, 1.82) is 0 Å². The molecule has 1 atom stereocenters. The van der Waals surface area contributed by atoms with Crippen molar-refractivity contribution < 1.29 is 31.2 Å². The quantitative estimate of drug-likeness (QED) is 0.158. The molecule has 0 radical (unpaired) electrons. The van der Waals surface area contributed by atoms with Gasteiger partial charge in [-0.15, -0.1) is 0 Å². The molecule has 1 unspecified atom stereocenters. The lowest BCUT2D eigenvalue weighted by atomic mass is 9.94. The fourth-order valence-corrected chi connectivity index (χ4v) is 7.84. The Balaban J connectivity index is 1.61. The maximum Gasteiger partial charge on any atom is 0.416 e. The molecule has 4 aromatic carbocycles. The first-order valence-corrected chi connectivity index (χ1v) is 18.4. The largest absolute Gasteiger partial charge is 0.416 e. The first-order chi connectivity index (χ1) is 23.8. The molecule has 1 N–H and O–H groups in total. The van der Waals surface area contributed by atoms with Gasteiger partial charge in [-0.25, -0.2) is 8.42 Å². The van der Waals surface area contributed by atoms with Crippen LogP contribution in [-0.4, -0.2) is 43.8 Å². The highest BCUT2D eigenvalue weighted by molar-refractivity contribution is 7.92. The van der Waals surface area contributed by atoms with E-state index in [4.69, 9.17) is 23.2 Å². The van der Waals surface area contributed by atoms with Crippen LogP contribution in [0.4, 0.5) is 18.9 Å². The maximum absolute atomic E-state index is 14.6. The van der Waals surface area contributed by atoms with Crippen molar-refractivity contribution in [3.63, 3.8) is 0 Å². The number of nitrogens with zero attached hydrogens (tertiary/aromatic N) is 2. The molecule has 13 heteroatoms. The summed E-state index contributed by atoms with van der Waals surface area (Å²) in [6.07, 6.45) is -0.209. The van der Waals surface area contributed by atoms with E-state index >= 15 is 0 Å². The van der Waals surface area contributed by atoms with E-state index in [1.54, 1.807) is 42.5 Å². The van der Waals surface area contributed by atoms with Crippen molar-refractivity contribution in [1.82, 2.24) is 10.2 Å². The van der Waals surface area contributed by atoms with Crippen LogP contribution < -0.4 is 9.62 Å². The highest BCUT2D eigenvalue weighted by atomic mass is 35.5. The number of alkyl halides is 3. The molecule has 0 heterocycles. The first kappa shape index (κ1) is 37.2. The topological polar surface area (TPSA) is 86.8 Å². The zero-order chi connectivity index (χ0) is 35.9. The van der Waals surface area contributed by atoms with E-state index in [-0.39, 0.29) is 28.9 Å². The third kappa shape index (κ3) is 9.38. The number of benzene rings is 4. The molecule has 1 saturated carbocycles. The number of hydrogen-bond donors (Lipinski definition) is 1. The molecule has 4 aromatic rings. The van der Waals surface area contributed by atoms with Gasteiger partial charge in [0.1, 0.15) is 12.6 Å². The van der Waals surface area contributed by atoms with Gasteiger partial charge in [0.15, 0.2) is 0 Å². The van der Waals surface area contributed by atoms with E-state index in [2.05, 4.69) is 5.32 Å². The molecule has 1 aliphatic carbocycles. The lowest BCUT2D eigenvalue weighted by molar-refractivity contribution is -0.140. The molecule has 264 valence electrons. The van der Waals surface area contributed by atoms with Gasteiger partial charge in [-0.1, -0.05) is 103 Å². The summed E-state index contributed by atoms with van der Waals surface area (Å²) in [6.45, 7) is -1.07. The third-order valence-electron chi connectivity index (χ3n) is 8.64. The number of hydrogen-bond acceptors (Lipinski definition) is 4. The summed E-state index contributed by atoms with van der Waals surface area (Å²) in [7, 11) is -4.66. The van der Waals surface area contributed by atoms with Gasteiger partial charge in [0.2, 0.25) is 11.8 Å². The number of carbonyl (C=O) groups is 2. The Morgan fingerprint density at radius 1 is 0.820 bits per heavy atom. The fraction of sp³-hybridized carbons (Fsp3) is 0.297. The summed E-state index contributed by atoms with van der Waals surface area (Å²) in [5.74, 6) is -1.25. The minimum absolute atomic E-state index is 0.0917. The van der Waals surface area contributed by atoms with Gasteiger partial charge >= 0.3 is 6.18 Å². The van der Waals surface area contributed by atoms with Crippen molar-refractivity contribution >= 4 is 50.7 Å². The molecular formula is C37H36Cl2F3N3O4S. The van der Waals surface area contributed by atoms with Crippen molar-refractivity contribution in [2.75, 3.05) is 10.8 Å². The number of amides is 2. The van der Waals surface area contributed by atoms with Crippen LogP contribution in [-0.2, 0) is 38.8 Å². The fourth-order valence-electron chi connectivity index (χ4n) is 6.00. The van der Waals surface area contributed by atoms with Crippen LogP contribution in [0.5, 0.6) is 0 Å². The van der Waals surface area contributed by atoms with Crippen LogP contribution in [0.25, 0.3) is 0 Å². The number of anilines is 1. The average Bonchev–Trinajstić information content (AvgIpc) is 3.10. The number of halogens is 5. The van der Waals surface area contributed by atoms with Crippen LogP contribution in [0.2, 0.25) is 10.0 Å². The van der Waals surface area contributed by atoms with Crippen LogP contribution in [0.3, 0.4) is 0 Å². The van der Waals surface area contributed by atoms with Crippen LogP contribution in [0.15, 0.2) is 108 Å². The highest BCUT2D eigenvalue weighted by Gasteiger charge is 2.38. The predicted octanol–water partition coefficient (Wildman–Crippen LogP) is 8.30. The molecule has 2 amide bonds. The zero-order valence-corrected chi connectivity index (χ0v) is 29.3. The molecule has 0 spiro atoms. The van der Waals surface area contributed by atoms with Gasteiger partial charge in [0, 0.05) is 24.0 Å². The first-order valence-electron chi connectivity index (χ1n) is 16.2. The number of carbonyl (C=O) groups excluding carboxylic acids is 2. The highest BCUT2D eigenvalue weighted by Crippen LogP contribution is 2.37. The molecule has 1 fully saturated rings. The van der Waals surface area contributed by atoms with E-state index < -0.39 is 51.9 Å². The summed E-state index contributed by atoms with van der Waals surface area (Å²) < 4.78 is 70.6. The van der Waals surface area contributed by atoms with Crippen LogP contribution in [0, 0.1) is 0 Å². The number of sulfonamides is 1. The van der Waals surface area contributed by atoms with Crippen molar-refractivity contribution in [2.24, 2.45) is 0 Å². The van der Waals surface area contributed by atoms with E-state index in [9.17, 15) is 31.2 Å². The molecule has 50 heavy (non-hydrogen) atoms. The van der Waals surface area contributed by atoms with Gasteiger partial charge in [0.25, 0.3) is 10.0 Å². The monoisotopic (exact) mass is 745 g/mol. The van der Waals surface area contributed by atoms with Crippen molar-refractivity contribution in [3.05, 3.63) is 130 Å². The van der Waals surface area contributed by atoms with Crippen molar-refractivity contribution in [3.8, 4) is 0 Å². The summed E-state index contributed by atoms with van der Waals surface area (Å²) in [5.41, 5.74) is -0.332. The molecular weight excluding hydrogens is 710 g/mol. The molecule has 0 saturated heterocycles. The average molecular weight is 747 g/mol. The van der Waals surface area contributed by atoms with E-state index in [0.717, 1.165) is 49.8 Å². The van der Waals surface area contributed by atoms with Gasteiger partial charge < -0.3 is 10.2 Å². The second-order valence-electron chi connectivity index (χ2n) is 12.2. The Morgan fingerprint density at radius 2 is 1.44 bits per heavy atom. The Kier molecular flexibility index (Phi) is 12.1. The third-order valence-corrected chi connectivity index (χ3v) is 11.0. The molecule has 0 aromatic heterocycles. The minimum Gasteiger partial charge on any atom is -0.352 e. The van der Waals surface area contributed by atoms with E-state index in [1.165, 1.54) is 29.2 Å². The smallest absolute Gasteiger partial charge is 0.352 e. The molecule has 7 nitrogen and oxygen atoms in total. The lowest BCUT2D eigenvalue weighted by Crippen LogP contribution is -2.55. The SMILES string of the molecule is O=C(NC1CCCCC1)C(Cc1ccccc1)N(Cc1ccc(Cl)cc1)C(=O)CN(c1cc(C(F)(F)F)ccc1Cl)S(=O)(=O)c1ccccc1. The second-order valence-corrected chi connectivity index (χ2v) is 14.9. The Morgan fingerprint density at radius 3 is 2.06 bits per heavy atom. The molecule has 1 aliphatic rings. The summed E-state index contributed by atoms with van der Waals surface area (Å²) in [6, 6.07) is 23.8. The molecule has 0 aliphatic heterocycles. The maximum atomic E-state index is 14.6. The summed E-state index contributed by atoms with van der Waals surface area (Å²) in [5, 5.41) is 3.24. The summed E-state index contributed by atoms with van der Waals surface area (Å²) in [4.78, 5) is 29.9. The van der Waals surface area contributed by atoms with Crippen LogP contribution in [0.1, 0.15) is 48.8 Å². The normalized spacial score (nSPS) is 14.5. The standard InChI is InChI=1S/C37H36Cl2F3N3O4S/c38-29-19-16-27(17-20-29)24-44(34(22-26-10-4-1-5-11-26)36(47)43-30-12-6-2-7-13-30)35(46)25-45(50(48,49)31-14-8-3-9-15-31)33-23-28(37(40,41)42)18-21-32(33)39/h1,3-5,8-11,14-21,23,30,34H,2,6-7,12-13,22,24-25H2,(H,43,47). The second kappa shape index (κ2) is 16.3. The van der Waals surface area contributed by atoms with Gasteiger partial charge in [-0.3, -0.25) is 13.9 Å². The number of rotatable bonds is 12. The van der Waals surface area contributed by atoms with E-state index in [0.29, 0.717) is 21.0 Å². The summed E-state index contributed by atoms with van der Waals surface area (Å²) >= 11 is 12.5. The Hall–Kier alpha value is -4.06. The van der Waals surface area contributed by atoms with Gasteiger partial charge in [-0.2, -0.15) is 13.2 Å². The Labute approximate surface area is 300 Å². The van der Waals surface area contributed by atoms with Gasteiger partial charge in [-0.05, 0) is 66.4 Å². The number of nitrogens with one attached hydrogen (secondary N) is 1. The van der Waals surface area contributed by atoms with Gasteiger partial charge in [0.05, 0.1) is 21.2 Å². The molecule has 5 rings (SSSR count). The molecule has 0 bridgehead atoms. The lowest BCUT2D eigenvalue weighted by Gasteiger charge is -2.35.